The lowest BCUT2D eigenvalue weighted by Crippen LogP contribution is -2.40. The molecule has 0 aliphatic heterocycles. The van der Waals surface area contributed by atoms with Gasteiger partial charge in [-0.25, -0.2) is 0 Å². The van der Waals surface area contributed by atoms with E-state index in [1.165, 1.54) is 4.90 Å². The molecule has 112 valence electrons. The minimum Gasteiger partial charge on any atom is -0.497 e. The molecule has 1 amide bonds. The van der Waals surface area contributed by atoms with Crippen LogP contribution < -0.4 is 9.64 Å². The second kappa shape index (κ2) is 6.43. The van der Waals surface area contributed by atoms with Crippen LogP contribution in [0.25, 0.3) is 0 Å². The highest BCUT2D eigenvalue weighted by molar-refractivity contribution is 5.97. The molecule has 1 aliphatic carbocycles. The number of anilines is 1. The number of ether oxygens (including phenoxy) is 1. The van der Waals surface area contributed by atoms with Crippen molar-refractivity contribution in [3.8, 4) is 5.75 Å². The van der Waals surface area contributed by atoms with Gasteiger partial charge in [0.15, 0.2) is 0 Å². The zero-order valence-electron chi connectivity index (χ0n) is 12.2. The second-order valence-electron chi connectivity index (χ2n) is 5.09. The largest absolute Gasteiger partial charge is 0.497 e. The fourth-order valence-electron chi connectivity index (χ4n) is 2.54. The van der Waals surface area contributed by atoms with Gasteiger partial charge < -0.3 is 14.7 Å². The van der Waals surface area contributed by atoms with Crippen LogP contribution in [0.3, 0.4) is 0 Å². The minimum absolute atomic E-state index is 0.170. The third-order valence-corrected chi connectivity index (χ3v) is 3.86. The summed E-state index contributed by atoms with van der Waals surface area (Å²) in [5.41, 5.74) is 0.722. The first-order chi connectivity index (χ1) is 10.0. The SMILES string of the molecule is COc1ccc(N(C)C(=O)C2CC=CCC2C(=O)O)cc1. The van der Waals surface area contributed by atoms with E-state index >= 15 is 0 Å². The smallest absolute Gasteiger partial charge is 0.307 e. The number of amides is 1. The van der Waals surface area contributed by atoms with E-state index in [0.717, 1.165) is 5.69 Å². The van der Waals surface area contributed by atoms with Crippen LogP contribution in [-0.4, -0.2) is 31.1 Å². The Morgan fingerprint density at radius 2 is 1.71 bits per heavy atom. The van der Waals surface area contributed by atoms with Crippen molar-refractivity contribution in [3.63, 3.8) is 0 Å². The number of nitrogens with zero attached hydrogens (tertiary/aromatic N) is 1. The van der Waals surface area contributed by atoms with Gasteiger partial charge in [0.25, 0.3) is 0 Å². The molecule has 5 heteroatoms. The van der Waals surface area contributed by atoms with Gasteiger partial charge in [0.1, 0.15) is 5.75 Å². The van der Waals surface area contributed by atoms with E-state index in [1.807, 2.05) is 12.2 Å². The Morgan fingerprint density at radius 3 is 2.24 bits per heavy atom. The lowest BCUT2D eigenvalue weighted by Gasteiger charge is -2.28. The van der Waals surface area contributed by atoms with Crippen LogP contribution in [0.2, 0.25) is 0 Å². The summed E-state index contributed by atoms with van der Waals surface area (Å²) in [7, 11) is 3.25. The minimum atomic E-state index is -0.916. The van der Waals surface area contributed by atoms with Gasteiger partial charge >= 0.3 is 5.97 Å². The van der Waals surface area contributed by atoms with Gasteiger partial charge in [-0.1, -0.05) is 12.2 Å². The van der Waals surface area contributed by atoms with Crippen molar-refractivity contribution in [1.82, 2.24) is 0 Å². The molecule has 0 fully saturated rings. The molecule has 0 saturated heterocycles. The molecule has 0 saturated carbocycles. The van der Waals surface area contributed by atoms with Gasteiger partial charge in [-0.3, -0.25) is 9.59 Å². The van der Waals surface area contributed by atoms with Crippen LogP contribution in [0, 0.1) is 11.8 Å². The number of benzene rings is 1. The summed E-state index contributed by atoms with van der Waals surface area (Å²) in [5.74, 6) is -1.54. The molecular weight excluding hydrogens is 270 g/mol. The van der Waals surface area contributed by atoms with E-state index in [4.69, 9.17) is 4.74 Å². The number of hydrogen-bond acceptors (Lipinski definition) is 3. The standard InChI is InChI=1S/C16H19NO4/c1-17(11-7-9-12(21-2)10-8-11)15(18)13-5-3-4-6-14(13)16(19)20/h3-4,7-10,13-14H,5-6H2,1-2H3,(H,19,20). The number of rotatable bonds is 4. The van der Waals surface area contributed by atoms with E-state index in [-0.39, 0.29) is 5.91 Å². The average Bonchev–Trinajstić information content (AvgIpc) is 2.53. The maximum atomic E-state index is 12.6. The van der Waals surface area contributed by atoms with Gasteiger partial charge in [-0.05, 0) is 37.1 Å². The molecule has 1 aromatic rings. The summed E-state index contributed by atoms with van der Waals surface area (Å²) in [5, 5.41) is 9.26. The molecular formula is C16H19NO4. The van der Waals surface area contributed by atoms with E-state index < -0.39 is 17.8 Å². The fourth-order valence-corrected chi connectivity index (χ4v) is 2.54. The lowest BCUT2D eigenvalue weighted by atomic mass is 9.82. The number of methoxy groups -OCH3 is 1. The molecule has 5 nitrogen and oxygen atoms in total. The summed E-state index contributed by atoms with van der Waals surface area (Å²) in [6.07, 6.45) is 4.58. The maximum Gasteiger partial charge on any atom is 0.307 e. The molecule has 1 aliphatic rings. The summed E-state index contributed by atoms with van der Waals surface area (Å²) in [6, 6.07) is 7.11. The summed E-state index contributed by atoms with van der Waals surface area (Å²) in [6.45, 7) is 0. The third kappa shape index (κ3) is 3.24. The maximum absolute atomic E-state index is 12.6. The van der Waals surface area contributed by atoms with Crippen molar-refractivity contribution in [2.45, 2.75) is 12.8 Å². The van der Waals surface area contributed by atoms with Crippen molar-refractivity contribution in [2.75, 3.05) is 19.1 Å². The number of allylic oxidation sites excluding steroid dienone is 2. The highest BCUT2D eigenvalue weighted by Gasteiger charge is 2.35. The molecule has 0 bridgehead atoms. The van der Waals surface area contributed by atoms with Gasteiger partial charge in [0.2, 0.25) is 5.91 Å². The zero-order valence-corrected chi connectivity index (χ0v) is 12.2. The number of carbonyl (C=O) groups excluding carboxylic acids is 1. The molecule has 2 atom stereocenters. The Hall–Kier alpha value is -2.30. The molecule has 1 aromatic carbocycles. The van der Waals surface area contributed by atoms with E-state index in [9.17, 15) is 14.7 Å². The van der Waals surface area contributed by atoms with Gasteiger partial charge in [-0.2, -0.15) is 0 Å². The first-order valence-electron chi connectivity index (χ1n) is 6.84. The Balaban J connectivity index is 2.17. The topological polar surface area (TPSA) is 66.8 Å². The predicted molar refractivity (Wildman–Crippen MR) is 79.4 cm³/mol. The molecule has 0 heterocycles. The second-order valence-corrected chi connectivity index (χ2v) is 5.09. The molecule has 21 heavy (non-hydrogen) atoms. The van der Waals surface area contributed by atoms with Crippen LogP contribution in [0.1, 0.15) is 12.8 Å². The summed E-state index contributed by atoms with van der Waals surface area (Å²) in [4.78, 5) is 25.4. The van der Waals surface area contributed by atoms with Crippen LogP contribution in [0.5, 0.6) is 5.75 Å². The van der Waals surface area contributed by atoms with Gasteiger partial charge in [-0.15, -0.1) is 0 Å². The zero-order chi connectivity index (χ0) is 15.4. The highest BCUT2D eigenvalue weighted by Crippen LogP contribution is 2.29. The number of aliphatic carboxylic acids is 1. The number of carbonyl (C=O) groups is 2. The van der Waals surface area contributed by atoms with Crippen molar-refractivity contribution in [2.24, 2.45) is 11.8 Å². The average molecular weight is 289 g/mol. The number of hydrogen-bond donors (Lipinski definition) is 1. The van der Waals surface area contributed by atoms with Crippen LogP contribution in [0.4, 0.5) is 5.69 Å². The van der Waals surface area contributed by atoms with Crippen molar-refractivity contribution < 1.29 is 19.4 Å². The first kappa shape index (κ1) is 15.1. The van der Waals surface area contributed by atoms with E-state index in [2.05, 4.69) is 0 Å². The monoisotopic (exact) mass is 289 g/mol. The van der Waals surface area contributed by atoms with E-state index in [1.54, 1.807) is 38.4 Å². The first-order valence-corrected chi connectivity index (χ1v) is 6.84. The van der Waals surface area contributed by atoms with Crippen LogP contribution in [-0.2, 0) is 9.59 Å². The molecule has 2 unspecified atom stereocenters. The van der Waals surface area contributed by atoms with Crippen molar-refractivity contribution in [1.29, 1.82) is 0 Å². The number of carboxylic acids is 1. The Morgan fingerprint density at radius 1 is 1.14 bits per heavy atom. The highest BCUT2D eigenvalue weighted by atomic mass is 16.5. The molecule has 1 N–H and O–H groups in total. The third-order valence-electron chi connectivity index (χ3n) is 3.86. The normalized spacial score (nSPS) is 20.9. The molecule has 0 aromatic heterocycles. The number of carboxylic acid groups (broad SMARTS) is 1. The van der Waals surface area contributed by atoms with Crippen LogP contribution in [0.15, 0.2) is 36.4 Å². The molecule has 0 spiro atoms. The van der Waals surface area contributed by atoms with Crippen molar-refractivity contribution >= 4 is 17.6 Å². The lowest BCUT2D eigenvalue weighted by molar-refractivity contribution is -0.146. The molecule has 0 radical (unpaired) electrons. The quantitative estimate of drug-likeness (QED) is 0.864. The summed E-state index contributed by atoms with van der Waals surface area (Å²) < 4.78 is 5.08. The van der Waals surface area contributed by atoms with Gasteiger partial charge in [0, 0.05) is 12.7 Å². The Kier molecular flexibility index (Phi) is 4.62. The van der Waals surface area contributed by atoms with E-state index in [0.29, 0.717) is 18.6 Å². The summed E-state index contributed by atoms with van der Waals surface area (Å²) >= 11 is 0. The Bertz CT molecular complexity index is 550. The molecule has 2 rings (SSSR count). The van der Waals surface area contributed by atoms with Crippen molar-refractivity contribution in [3.05, 3.63) is 36.4 Å². The van der Waals surface area contributed by atoms with Crippen LogP contribution >= 0.6 is 0 Å². The fraction of sp³-hybridized carbons (Fsp3) is 0.375. The predicted octanol–water partition coefficient (Wildman–Crippen LogP) is 2.33. The Labute approximate surface area is 123 Å². The van der Waals surface area contributed by atoms with Gasteiger partial charge in [0.05, 0.1) is 18.9 Å².